The second-order valence-electron chi connectivity index (χ2n) is 11.4. The van der Waals surface area contributed by atoms with E-state index in [1.54, 1.807) is 13.2 Å². The minimum atomic E-state index is -3.61. The number of aromatic nitrogens is 4. The number of sulfone groups is 1. The summed E-state index contributed by atoms with van der Waals surface area (Å²) in [6, 6.07) is 4.76. The Balaban J connectivity index is 1.43. The number of halogens is 1. The zero-order chi connectivity index (χ0) is 28.6. The van der Waals surface area contributed by atoms with E-state index in [2.05, 4.69) is 57.0 Å². The minimum Gasteiger partial charge on any atom is -0.488 e. The number of benzene rings is 1. The lowest BCUT2D eigenvalue weighted by Crippen LogP contribution is -2.35. The second kappa shape index (κ2) is 11.5. The van der Waals surface area contributed by atoms with Gasteiger partial charge in [0.1, 0.15) is 10.8 Å². The van der Waals surface area contributed by atoms with Gasteiger partial charge in [0, 0.05) is 19.3 Å². The Morgan fingerprint density at radius 1 is 1.20 bits per heavy atom. The van der Waals surface area contributed by atoms with Crippen LogP contribution in [0.5, 0.6) is 5.75 Å². The van der Waals surface area contributed by atoms with Crippen molar-refractivity contribution in [3.05, 3.63) is 40.7 Å². The van der Waals surface area contributed by atoms with Gasteiger partial charge in [-0.25, -0.2) is 13.4 Å². The van der Waals surface area contributed by atoms with Crippen molar-refractivity contribution >= 4 is 44.6 Å². The lowest BCUT2D eigenvalue weighted by molar-refractivity contribution is 0.303. The summed E-state index contributed by atoms with van der Waals surface area (Å²) in [6.07, 6.45) is 7.59. The summed E-state index contributed by atoms with van der Waals surface area (Å²) in [6.45, 7) is 9.09. The highest BCUT2D eigenvalue weighted by atomic mass is 35.5. The van der Waals surface area contributed by atoms with E-state index in [0.29, 0.717) is 23.6 Å². The molecule has 1 saturated heterocycles. The van der Waals surface area contributed by atoms with E-state index in [9.17, 15) is 8.42 Å². The van der Waals surface area contributed by atoms with Crippen LogP contribution in [-0.2, 0) is 16.9 Å². The molecule has 2 aromatic heterocycles. The van der Waals surface area contributed by atoms with Crippen molar-refractivity contribution in [2.45, 2.75) is 76.5 Å². The number of rotatable bonds is 10. The fraction of sp³-hybridized carbons (Fsp3) is 0.536. The van der Waals surface area contributed by atoms with Crippen molar-refractivity contribution in [1.29, 1.82) is 0 Å². The molecule has 2 unspecified atom stereocenters. The van der Waals surface area contributed by atoms with Crippen molar-refractivity contribution in [2.24, 2.45) is 13.0 Å². The van der Waals surface area contributed by atoms with Crippen LogP contribution >= 0.6 is 11.6 Å². The van der Waals surface area contributed by atoms with Crippen LogP contribution in [0.1, 0.15) is 63.5 Å². The smallest absolute Gasteiger partial charge is 0.229 e. The van der Waals surface area contributed by atoms with Crippen molar-refractivity contribution in [1.82, 2.24) is 25.1 Å². The number of nitrogens with zero attached hydrogens (tertiary/aromatic N) is 4. The maximum Gasteiger partial charge on any atom is 0.229 e. The lowest BCUT2D eigenvalue weighted by atomic mass is 9.84. The maximum absolute atomic E-state index is 13.0. The predicted molar refractivity (Wildman–Crippen MR) is 158 cm³/mol. The average molecular weight is 588 g/mol. The number of hydrogen-bond acceptors (Lipinski definition) is 9. The van der Waals surface area contributed by atoms with E-state index >= 15 is 0 Å². The number of aryl methyl sites for hydroxylation is 2. The van der Waals surface area contributed by atoms with Gasteiger partial charge >= 0.3 is 0 Å². The third-order valence-electron chi connectivity index (χ3n) is 7.14. The highest BCUT2D eigenvalue weighted by Gasteiger charge is 2.28. The first kappa shape index (κ1) is 28.6. The number of hydrogen-bond donors (Lipinski definition) is 3. The average Bonchev–Trinajstić information content (AvgIpc) is 3.61. The highest BCUT2D eigenvalue weighted by Crippen LogP contribution is 2.40. The SMILES string of the molecule is Cc1cc(Nc2ncc(Cl)c(Nc3cn(C)nc3S(=O)(=O)CC(C)C)n2)c(OC2CC2)cc1C1CCNC(C)C1. The normalized spacial score (nSPS) is 19.6. The molecule has 2 fully saturated rings. The molecule has 10 nitrogen and oxygen atoms in total. The van der Waals surface area contributed by atoms with Crippen LogP contribution < -0.4 is 20.7 Å². The van der Waals surface area contributed by atoms with Crippen molar-refractivity contribution < 1.29 is 13.2 Å². The first-order valence-electron chi connectivity index (χ1n) is 13.9. The van der Waals surface area contributed by atoms with Gasteiger partial charge in [0.15, 0.2) is 15.7 Å². The summed E-state index contributed by atoms with van der Waals surface area (Å²) in [7, 11) is -1.94. The van der Waals surface area contributed by atoms with Crippen molar-refractivity contribution in [3.63, 3.8) is 0 Å². The minimum absolute atomic E-state index is 0.0155. The third kappa shape index (κ3) is 6.70. The quantitative estimate of drug-likeness (QED) is 0.283. The van der Waals surface area contributed by atoms with Crippen molar-refractivity contribution in [2.75, 3.05) is 22.9 Å². The standard InChI is InChI=1S/C28H38ClN7O3S/c1-16(2)15-40(37,38)27-24(14-36(5)35-27)32-26-22(29)13-31-28(34-26)33-23-10-17(3)21(12-25(23)39-20-6-7-20)19-8-9-30-18(4)11-19/h10,12-14,16,18-20,30H,6-9,11,15H2,1-5H3,(H2,31,32,33,34). The second-order valence-corrected chi connectivity index (χ2v) is 13.8. The molecule has 40 heavy (non-hydrogen) atoms. The molecule has 5 rings (SSSR count). The Morgan fingerprint density at radius 2 is 1.98 bits per heavy atom. The molecular formula is C28H38ClN7O3S. The monoisotopic (exact) mass is 587 g/mol. The van der Waals surface area contributed by atoms with Gasteiger partial charge in [-0.15, -0.1) is 0 Å². The summed E-state index contributed by atoms with van der Waals surface area (Å²) in [5.41, 5.74) is 3.60. The van der Waals surface area contributed by atoms with Crippen LogP contribution in [0.25, 0.3) is 0 Å². The third-order valence-corrected chi connectivity index (χ3v) is 9.41. The molecule has 1 aliphatic heterocycles. The van der Waals surface area contributed by atoms with Gasteiger partial charge in [-0.3, -0.25) is 4.68 Å². The molecular weight excluding hydrogens is 550 g/mol. The van der Waals surface area contributed by atoms with E-state index in [1.807, 2.05) is 13.8 Å². The first-order chi connectivity index (χ1) is 19.0. The molecule has 0 spiro atoms. The Kier molecular flexibility index (Phi) is 8.26. The van der Waals surface area contributed by atoms with Gasteiger partial charge < -0.3 is 20.7 Å². The molecule has 0 bridgehead atoms. The van der Waals surface area contributed by atoms with E-state index in [0.717, 1.165) is 43.7 Å². The Hall–Kier alpha value is -2.89. The number of nitrogens with one attached hydrogen (secondary N) is 3. The van der Waals surface area contributed by atoms with E-state index in [-0.39, 0.29) is 33.6 Å². The van der Waals surface area contributed by atoms with Crippen LogP contribution in [-0.4, -0.2) is 52.6 Å². The van der Waals surface area contributed by atoms with Crippen LogP contribution in [0.2, 0.25) is 5.02 Å². The van der Waals surface area contributed by atoms with Gasteiger partial charge in [-0.05, 0) is 81.2 Å². The van der Waals surface area contributed by atoms with Gasteiger partial charge in [0.05, 0.1) is 29.4 Å². The Labute approximate surface area is 241 Å². The molecule has 0 amide bonds. The van der Waals surface area contributed by atoms with E-state index in [4.69, 9.17) is 16.3 Å². The predicted octanol–water partition coefficient (Wildman–Crippen LogP) is 5.49. The Morgan fingerprint density at radius 3 is 2.67 bits per heavy atom. The van der Waals surface area contributed by atoms with Crippen LogP contribution in [0, 0.1) is 12.8 Å². The highest BCUT2D eigenvalue weighted by molar-refractivity contribution is 7.91. The van der Waals surface area contributed by atoms with Crippen LogP contribution in [0.15, 0.2) is 29.6 Å². The lowest BCUT2D eigenvalue weighted by Gasteiger charge is -2.30. The molecule has 3 aromatic rings. The molecule has 216 valence electrons. The topological polar surface area (TPSA) is 123 Å². The molecule has 3 heterocycles. The molecule has 3 N–H and O–H groups in total. The summed E-state index contributed by atoms with van der Waals surface area (Å²) >= 11 is 6.44. The number of ether oxygens (including phenoxy) is 1. The molecule has 12 heteroatoms. The van der Waals surface area contributed by atoms with Gasteiger partial charge in [-0.2, -0.15) is 10.1 Å². The fourth-order valence-corrected chi connectivity index (χ4v) is 7.05. The number of piperidine rings is 1. The van der Waals surface area contributed by atoms with Crippen LogP contribution in [0.4, 0.5) is 23.1 Å². The van der Waals surface area contributed by atoms with E-state index < -0.39 is 9.84 Å². The largest absolute Gasteiger partial charge is 0.488 e. The molecule has 1 aliphatic carbocycles. The summed E-state index contributed by atoms with van der Waals surface area (Å²) in [4.78, 5) is 8.97. The van der Waals surface area contributed by atoms with Gasteiger partial charge in [0.25, 0.3) is 0 Å². The molecule has 2 atom stereocenters. The summed E-state index contributed by atoms with van der Waals surface area (Å²) in [5.74, 6) is 1.80. The van der Waals surface area contributed by atoms with Crippen molar-refractivity contribution in [3.8, 4) is 5.75 Å². The van der Waals surface area contributed by atoms with Gasteiger partial charge in [0.2, 0.25) is 11.0 Å². The zero-order valence-corrected chi connectivity index (χ0v) is 25.2. The first-order valence-corrected chi connectivity index (χ1v) is 15.9. The number of anilines is 4. The molecule has 1 aromatic carbocycles. The van der Waals surface area contributed by atoms with Crippen LogP contribution in [0.3, 0.4) is 0 Å². The van der Waals surface area contributed by atoms with Gasteiger partial charge in [-0.1, -0.05) is 25.4 Å². The Bertz CT molecular complexity index is 1490. The molecule has 0 radical (unpaired) electrons. The molecule has 2 aliphatic rings. The summed E-state index contributed by atoms with van der Waals surface area (Å²) < 4.78 is 33.7. The fourth-order valence-electron chi connectivity index (χ4n) is 5.18. The summed E-state index contributed by atoms with van der Waals surface area (Å²) in [5, 5.41) is 14.3. The molecule has 1 saturated carbocycles. The van der Waals surface area contributed by atoms with E-state index in [1.165, 1.54) is 22.0 Å². The maximum atomic E-state index is 13.0. The zero-order valence-electron chi connectivity index (χ0n) is 23.7.